The van der Waals surface area contributed by atoms with Crippen LogP contribution in [0.15, 0.2) is 24.3 Å². The number of hydrogen-bond donors (Lipinski definition) is 3. The highest BCUT2D eigenvalue weighted by Gasteiger charge is 2.06. The van der Waals surface area contributed by atoms with Gasteiger partial charge in [0.25, 0.3) is 0 Å². The molecule has 4 N–H and O–H groups in total. The van der Waals surface area contributed by atoms with Crippen molar-refractivity contribution in [1.82, 2.24) is 9.97 Å². The van der Waals surface area contributed by atoms with E-state index in [-0.39, 0.29) is 0 Å². The van der Waals surface area contributed by atoms with Gasteiger partial charge in [-0.1, -0.05) is 18.5 Å². The third-order valence-electron chi connectivity index (χ3n) is 2.66. The predicted molar refractivity (Wildman–Crippen MR) is 80.5 cm³/mol. The fourth-order valence-corrected chi connectivity index (χ4v) is 1.87. The van der Waals surface area contributed by atoms with Gasteiger partial charge in [0.2, 0.25) is 0 Å². The number of nitrogens with zero attached hydrogens (tertiary/aromatic N) is 2. The van der Waals surface area contributed by atoms with Crippen molar-refractivity contribution in [1.29, 1.82) is 0 Å². The van der Waals surface area contributed by atoms with Crippen LogP contribution in [0.25, 0.3) is 0 Å². The minimum atomic E-state index is 0.555. The second kappa shape index (κ2) is 6.40. The van der Waals surface area contributed by atoms with E-state index >= 15 is 0 Å². The number of aromatic nitrogens is 2. The monoisotopic (exact) mass is 293 g/mol. The van der Waals surface area contributed by atoms with Gasteiger partial charge in [-0.2, -0.15) is 0 Å². The smallest absolute Gasteiger partial charge is 0.145 e. The SMILES string of the molecule is CCc1nc(NN)cc(Nc2ccc(Cl)c(OC)c2)n1. The molecule has 0 unspecified atom stereocenters. The maximum atomic E-state index is 5.99. The lowest BCUT2D eigenvalue weighted by atomic mass is 10.3. The summed E-state index contributed by atoms with van der Waals surface area (Å²) in [4.78, 5) is 8.61. The zero-order chi connectivity index (χ0) is 14.5. The van der Waals surface area contributed by atoms with Crippen molar-refractivity contribution < 1.29 is 4.74 Å². The molecule has 1 aromatic carbocycles. The normalized spacial score (nSPS) is 10.2. The van der Waals surface area contributed by atoms with Crippen LogP contribution < -0.4 is 21.3 Å². The predicted octanol–water partition coefficient (Wildman–Crippen LogP) is 2.73. The topological polar surface area (TPSA) is 85.1 Å². The molecule has 0 aliphatic carbocycles. The maximum absolute atomic E-state index is 5.99. The maximum Gasteiger partial charge on any atom is 0.145 e. The molecular formula is C13H16ClN5O. The molecule has 2 aromatic rings. The molecule has 1 heterocycles. The van der Waals surface area contributed by atoms with E-state index in [2.05, 4.69) is 20.7 Å². The van der Waals surface area contributed by atoms with E-state index in [4.69, 9.17) is 22.2 Å². The summed E-state index contributed by atoms with van der Waals surface area (Å²) in [5.74, 6) is 7.89. The van der Waals surface area contributed by atoms with Crippen molar-refractivity contribution >= 4 is 28.9 Å². The van der Waals surface area contributed by atoms with Gasteiger partial charge in [-0.25, -0.2) is 15.8 Å². The summed E-state index contributed by atoms with van der Waals surface area (Å²) in [6, 6.07) is 7.12. The number of benzene rings is 1. The van der Waals surface area contributed by atoms with Gasteiger partial charge in [-0.15, -0.1) is 0 Å². The highest BCUT2D eigenvalue weighted by atomic mass is 35.5. The summed E-state index contributed by atoms with van der Waals surface area (Å²) >= 11 is 5.99. The van der Waals surface area contributed by atoms with Gasteiger partial charge in [0.1, 0.15) is 23.2 Å². The first-order valence-electron chi connectivity index (χ1n) is 6.11. The molecule has 7 heteroatoms. The molecule has 106 valence electrons. The molecule has 2 rings (SSSR count). The number of anilines is 3. The highest BCUT2D eigenvalue weighted by Crippen LogP contribution is 2.28. The molecule has 0 radical (unpaired) electrons. The van der Waals surface area contributed by atoms with Gasteiger partial charge in [-0.3, -0.25) is 0 Å². The second-order valence-corrected chi connectivity index (χ2v) is 4.43. The third kappa shape index (κ3) is 3.28. The van der Waals surface area contributed by atoms with E-state index in [0.29, 0.717) is 34.7 Å². The Kier molecular flexibility index (Phi) is 4.60. The van der Waals surface area contributed by atoms with Gasteiger partial charge in [-0.05, 0) is 12.1 Å². The number of methoxy groups -OCH3 is 1. The zero-order valence-electron chi connectivity index (χ0n) is 11.3. The quantitative estimate of drug-likeness (QED) is 0.580. The summed E-state index contributed by atoms with van der Waals surface area (Å²) in [6.07, 6.45) is 0.716. The lowest BCUT2D eigenvalue weighted by molar-refractivity contribution is 0.415. The van der Waals surface area contributed by atoms with Crippen LogP contribution in [0, 0.1) is 0 Å². The summed E-state index contributed by atoms with van der Waals surface area (Å²) < 4.78 is 5.18. The van der Waals surface area contributed by atoms with Crippen molar-refractivity contribution in [2.45, 2.75) is 13.3 Å². The number of aryl methyl sites for hydroxylation is 1. The van der Waals surface area contributed by atoms with Gasteiger partial charge in [0.15, 0.2) is 0 Å². The molecule has 0 spiro atoms. The molecule has 0 fully saturated rings. The minimum Gasteiger partial charge on any atom is -0.495 e. The highest BCUT2D eigenvalue weighted by molar-refractivity contribution is 6.32. The van der Waals surface area contributed by atoms with Crippen molar-refractivity contribution in [3.63, 3.8) is 0 Å². The molecule has 6 nitrogen and oxygen atoms in total. The second-order valence-electron chi connectivity index (χ2n) is 4.03. The van der Waals surface area contributed by atoms with Crippen LogP contribution in [0.5, 0.6) is 5.75 Å². The van der Waals surface area contributed by atoms with Crippen LogP contribution in [-0.2, 0) is 6.42 Å². The van der Waals surface area contributed by atoms with Crippen molar-refractivity contribution in [3.05, 3.63) is 35.1 Å². The van der Waals surface area contributed by atoms with Crippen LogP contribution in [0.1, 0.15) is 12.7 Å². The molecule has 20 heavy (non-hydrogen) atoms. The lowest BCUT2D eigenvalue weighted by Crippen LogP contribution is -2.11. The number of rotatable bonds is 5. The van der Waals surface area contributed by atoms with Gasteiger partial charge >= 0.3 is 0 Å². The van der Waals surface area contributed by atoms with Crippen LogP contribution in [0.4, 0.5) is 17.3 Å². The molecule has 0 amide bonds. The molecule has 0 saturated carbocycles. The summed E-state index contributed by atoms with van der Waals surface area (Å²) in [7, 11) is 1.57. The largest absolute Gasteiger partial charge is 0.495 e. The van der Waals surface area contributed by atoms with E-state index in [9.17, 15) is 0 Å². The van der Waals surface area contributed by atoms with Crippen molar-refractivity contribution in [2.75, 3.05) is 17.9 Å². The molecule has 0 atom stereocenters. The Labute approximate surface area is 122 Å². The standard InChI is InChI=1S/C13H16ClN5O/c1-3-11-17-12(7-13(18-11)19-15)16-8-4-5-9(14)10(6-8)20-2/h4-7H,3,15H2,1-2H3,(H2,16,17,18,19). The van der Waals surface area contributed by atoms with E-state index in [1.54, 1.807) is 25.3 Å². The van der Waals surface area contributed by atoms with Gasteiger partial charge in [0, 0.05) is 24.2 Å². The molecular weight excluding hydrogens is 278 g/mol. The Morgan fingerprint density at radius 3 is 2.65 bits per heavy atom. The lowest BCUT2D eigenvalue weighted by Gasteiger charge is -2.10. The van der Waals surface area contributed by atoms with Gasteiger partial charge < -0.3 is 15.5 Å². The Morgan fingerprint density at radius 2 is 2.00 bits per heavy atom. The summed E-state index contributed by atoms with van der Waals surface area (Å²) in [6.45, 7) is 1.98. The summed E-state index contributed by atoms with van der Waals surface area (Å²) in [5, 5.41) is 3.72. The van der Waals surface area contributed by atoms with Crippen LogP contribution in [0.2, 0.25) is 5.02 Å². The number of hydrazine groups is 1. The zero-order valence-corrected chi connectivity index (χ0v) is 12.0. The average molecular weight is 294 g/mol. The fraction of sp³-hybridized carbons (Fsp3) is 0.231. The number of nitrogen functional groups attached to an aromatic ring is 1. The molecule has 0 saturated heterocycles. The summed E-state index contributed by atoms with van der Waals surface area (Å²) in [5.41, 5.74) is 3.34. The minimum absolute atomic E-state index is 0.555. The van der Waals surface area contributed by atoms with E-state index < -0.39 is 0 Å². The Balaban J connectivity index is 2.29. The fourth-order valence-electron chi connectivity index (χ4n) is 1.68. The van der Waals surface area contributed by atoms with E-state index in [1.807, 2.05) is 13.0 Å². The number of nitrogens with one attached hydrogen (secondary N) is 2. The Hall–Kier alpha value is -2.05. The van der Waals surface area contributed by atoms with Crippen LogP contribution >= 0.6 is 11.6 Å². The number of ether oxygens (including phenoxy) is 1. The Bertz CT molecular complexity index is 583. The average Bonchev–Trinajstić information content (AvgIpc) is 2.48. The molecule has 0 aliphatic heterocycles. The molecule has 0 bridgehead atoms. The van der Waals surface area contributed by atoms with Crippen LogP contribution in [0.3, 0.4) is 0 Å². The van der Waals surface area contributed by atoms with Gasteiger partial charge in [0.05, 0.1) is 12.1 Å². The number of hydrogen-bond acceptors (Lipinski definition) is 6. The Morgan fingerprint density at radius 1 is 1.25 bits per heavy atom. The van der Waals surface area contributed by atoms with E-state index in [0.717, 1.165) is 5.69 Å². The first kappa shape index (κ1) is 14.4. The molecule has 1 aromatic heterocycles. The van der Waals surface area contributed by atoms with E-state index in [1.165, 1.54) is 0 Å². The number of nitrogens with two attached hydrogens (primary N) is 1. The molecule has 0 aliphatic rings. The first-order chi connectivity index (χ1) is 9.66. The van der Waals surface area contributed by atoms with Crippen molar-refractivity contribution in [3.8, 4) is 5.75 Å². The first-order valence-corrected chi connectivity index (χ1v) is 6.49. The third-order valence-corrected chi connectivity index (χ3v) is 2.97. The van der Waals surface area contributed by atoms with Crippen LogP contribution in [-0.4, -0.2) is 17.1 Å². The number of halogens is 1. The van der Waals surface area contributed by atoms with Crippen molar-refractivity contribution in [2.24, 2.45) is 5.84 Å².